The normalized spacial score (nSPS) is 10.7. The molecule has 0 saturated carbocycles. The van der Waals surface area contributed by atoms with Crippen molar-refractivity contribution >= 4 is 5.91 Å². The number of amides is 1. The van der Waals surface area contributed by atoms with E-state index >= 15 is 0 Å². The van der Waals surface area contributed by atoms with Crippen molar-refractivity contribution in [3.05, 3.63) is 65.7 Å². The molecule has 0 bridgehead atoms. The van der Waals surface area contributed by atoms with Crippen LogP contribution in [-0.2, 0) is 22.4 Å². The minimum atomic E-state index is 0.00190. The number of carbonyl (C=O) groups excluding carboxylic acids is 1. The molecule has 0 heterocycles. The molecule has 0 saturated heterocycles. The number of hydrogen-bond donors (Lipinski definition) is 2. The second-order valence-electron chi connectivity index (χ2n) is 6.97. The first-order chi connectivity index (χ1) is 14.3. The van der Waals surface area contributed by atoms with Gasteiger partial charge in [-0.3, -0.25) is 4.79 Å². The van der Waals surface area contributed by atoms with Crippen LogP contribution in [0, 0.1) is 0 Å². The van der Waals surface area contributed by atoms with Crippen molar-refractivity contribution in [3.8, 4) is 5.75 Å². The molecule has 2 N–H and O–H groups in total. The Hall–Kier alpha value is -2.37. The fraction of sp³-hybridized carbons (Fsp3) is 0.458. The van der Waals surface area contributed by atoms with Gasteiger partial charge in [0.15, 0.2) is 0 Å². The summed E-state index contributed by atoms with van der Waals surface area (Å²) in [6, 6.07) is 18.6. The van der Waals surface area contributed by atoms with Crippen LogP contribution in [0.25, 0.3) is 0 Å². The molecule has 2 aromatic carbocycles. The van der Waals surface area contributed by atoms with E-state index in [1.54, 1.807) is 0 Å². The number of hydrogen-bond acceptors (Lipinski definition) is 4. The lowest BCUT2D eigenvalue weighted by atomic mass is 10.1. The number of aliphatic hydroxyl groups is 1. The summed E-state index contributed by atoms with van der Waals surface area (Å²) in [4.78, 5) is 11.8. The Kier molecular flexibility index (Phi) is 11.5. The summed E-state index contributed by atoms with van der Waals surface area (Å²) in [6.07, 6.45) is 5.66. The second-order valence-corrected chi connectivity index (χ2v) is 6.97. The Bertz CT molecular complexity index is 673. The van der Waals surface area contributed by atoms with Gasteiger partial charge in [0, 0.05) is 13.0 Å². The van der Waals surface area contributed by atoms with Crippen LogP contribution < -0.4 is 10.1 Å². The third-order valence-corrected chi connectivity index (χ3v) is 4.59. The van der Waals surface area contributed by atoms with Crippen molar-refractivity contribution < 1.29 is 19.4 Å². The molecule has 0 unspecified atom stereocenters. The standard InChI is InChI=1S/C24H33NO4/c26-17-20-28-19-16-25-24(27)15-12-22-10-13-23(14-11-22)29-18-6-2-5-9-21-7-3-1-4-8-21/h1,3-4,7-8,10-11,13-14,26H,2,5-6,9,12,15-20H2,(H,25,27). The van der Waals surface area contributed by atoms with E-state index in [2.05, 4.69) is 35.6 Å². The number of rotatable bonds is 15. The zero-order chi connectivity index (χ0) is 20.6. The van der Waals surface area contributed by atoms with E-state index in [0.29, 0.717) is 32.6 Å². The zero-order valence-corrected chi connectivity index (χ0v) is 17.1. The van der Waals surface area contributed by atoms with Crippen LogP contribution in [0.4, 0.5) is 0 Å². The van der Waals surface area contributed by atoms with Gasteiger partial charge in [0.1, 0.15) is 5.75 Å². The maximum absolute atomic E-state index is 11.8. The number of aryl methyl sites for hydroxylation is 2. The lowest BCUT2D eigenvalue weighted by Crippen LogP contribution is -2.27. The first-order valence-corrected chi connectivity index (χ1v) is 10.5. The van der Waals surface area contributed by atoms with Crippen LogP contribution in [0.2, 0.25) is 0 Å². The van der Waals surface area contributed by atoms with Crippen LogP contribution in [0.1, 0.15) is 36.8 Å². The maximum Gasteiger partial charge on any atom is 0.220 e. The molecule has 5 heteroatoms. The largest absolute Gasteiger partial charge is 0.494 e. The van der Waals surface area contributed by atoms with Gasteiger partial charge < -0.3 is 19.9 Å². The van der Waals surface area contributed by atoms with Gasteiger partial charge in [-0.2, -0.15) is 0 Å². The van der Waals surface area contributed by atoms with Gasteiger partial charge in [-0.15, -0.1) is 0 Å². The molecule has 0 fully saturated rings. The quantitative estimate of drug-likeness (QED) is 0.450. The summed E-state index contributed by atoms with van der Waals surface area (Å²) >= 11 is 0. The lowest BCUT2D eigenvalue weighted by molar-refractivity contribution is -0.121. The number of unbranched alkanes of at least 4 members (excludes halogenated alkanes) is 2. The summed E-state index contributed by atoms with van der Waals surface area (Å²) in [7, 11) is 0. The predicted octanol–water partition coefficient (Wildman–Crippen LogP) is 3.54. The van der Waals surface area contributed by atoms with Gasteiger partial charge in [0.25, 0.3) is 0 Å². The zero-order valence-electron chi connectivity index (χ0n) is 17.1. The second kappa shape index (κ2) is 14.6. The van der Waals surface area contributed by atoms with E-state index in [-0.39, 0.29) is 12.5 Å². The van der Waals surface area contributed by atoms with Gasteiger partial charge in [-0.1, -0.05) is 42.5 Å². The van der Waals surface area contributed by atoms with Crippen molar-refractivity contribution in [1.82, 2.24) is 5.32 Å². The van der Waals surface area contributed by atoms with E-state index in [4.69, 9.17) is 14.6 Å². The molecular weight excluding hydrogens is 366 g/mol. The van der Waals surface area contributed by atoms with Crippen molar-refractivity contribution in [3.63, 3.8) is 0 Å². The van der Waals surface area contributed by atoms with Crippen LogP contribution in [0.3, 0.4) is 0 Å². The van der Waals surface area contributed by atoms with E-state index in [0.717, 1.165) is 37.2 Å². The van der Waals surface area contributed by atoms with Crippen LogP contribution >= 0.6 is 0 Å². The van der Waals surface area contributed by atoms with Crippen LogP contribution in [0.15, 0.2) is 54.6 Å². The highest BCUT2D eigenvalue weighted by molar-refractivity contribution is 5.76. The third-order valence-electron chi connectivity index (χ3n) is 4.59. The number of aliphatic hydroxyl groups excluding tert-OH is 1. The summed E-state index contributed by atoms with van der Waals surface area (Å²) in [6.45, 7) is 1.93. The minimum Gasteiger partial charge on any atom is -0.494 e. The molecule has 0 aromatic heterocycles. The lowest BCUT2D eigenvalue weighted by Gasteiger charge is -2.08. The average Bonchev–Trinajstić information content (AvgIpc) is 2.76. The molecule has 158 valence electrons. The van der Waals surface area contributed by atoms with Gasteiger partial charge in [0.05, 0.1) is 26.4 Å². The molecule has 2 aromatic rings. The maximum atomic E-state index is 11.8. The number of carbonyl (C=O) groups is 1. The van der Waals surface area contributed by atoms with E-state index in [9.17, 15) is 4.79 Å². The first-order valence-electron chi connectivity index (χ1n) is 10.5. The van der Waals surface area contributed by atoms with Crippen LogP contribution in [-0.4, -0.2) is 44.0 Å². The molecule has 2 rings (SSSR count). The Morgan fingerprint density at radius 2 is 1.59 bits per heavy atom. The Morgan fingerprint density at radius 3 is 2.34 bits per heavy atom. The molecule has 0 aliphatic carbocycles. The average molecular weight is 400 g/mol. The summed E-state index contributed by atoms with van der Waals surface area (Å²) in [5, 5.41) is 11.4. The van der Waals surface area contributed by atoms with E-state index < -0.39 is 0 Å². The minimum absolute atomic E-state index is 0.00190. The topological polar surface area (TPSA) is 67.8 Å². The number of nitrogens with one attached hydrogen (secondary N) is 1. The van der Waals surface area contributed by atoms with Crippen LogP contribution in [0.5, 0.6) is 5.75 Å². The molecule has 0 atom stereocenters. The van der Waals surface area contributed by atoms with E-state index in [1.165, 1.54) is 12.0 Å². The monoisotopic (exact) mass is 399 g/mol. The fourth-order valence-corrected chi connectivity index (χ4v) is 2.97. The third kappa shape index (κ3) is 10.7. The number of benzene rings is 2. The molecule has 29 heavy (non-hydrogen) atoms. The van der Waals surface area contributed by atoms with Crippen molar-refractivity contribution in [2.75, 3.05) is 33.0 Å². The summed E-state index contributed by atoms with van der Waals surface area (Å²) in [5.41, 5.74) is 2.51. The highest BCUT2D eigenvalue weighted by atomic mass is 16.5. The Morgan fingerprint density at radius 1 is 0.828 bits per heavy atom. The van der Waals surface area contributed by atoms with Crippen molar-refractivity contribution in [2.45, 2.75) is 38.5 Å². The van der Waals surface area contributed by atoms with Gasteiger partial charge in [-0.05, 0) is 55.4 Å². The van der Waals surface area contributed by atoms with Gasteiger partial charge in [0.2, 0.25) is 5.91 Å². The van der Waals surface area contributed by atoms with Crippen molar-refractivity contribution in [2.24, 2.45) is 0 Å². The molecule has 5 nitrogen and oxygen atoms in total. The van der Waals surface area contributed by atoms with Gasteiger partial charge in [-0.25, -0.2) is 0 Å². The molecule has 0 aliphatic rings. The Labute approximate surface area is 174 Å². The highest BCUT2D eigenvalue weighted by Gasteiger charge is 2.03. The fourth-order valence-electron chi connectivity index (χ4n) is 2.97. The molecule has 1 amide bonds. The highest BCUT2D eigenvalue weighted by Crippen LogP contribution is 2.14. The molecule has 0 spiro atoms. The molecule has 0 aliphatic heterocycles. The molecule has 0 radical (unpaired) electrons. The smallest absolute Gasteiger partial charge is 0.220 e. The Balaban J connectivity index is 1.52. The summed E-state index contributed by atoms with van der Waals surface area (Å²) in [5.74, 6) is 0.885. The van der Waals surface area contributed by atoms with E-state index in [1.807, 2.05) is 24.3 Å². The first kappa shape index (κ1) is 22.9. The van der Waals surface area contributed by atoms with Gasteiger partial charge >= 0.3 is 0 Å². The van der Waals surface area contributed by atoms with Crippen molar-refractivity contribution in [1.29, 1.82) is 0 Å². The molecular formula is C24H33NO4. The summed E-state index contributed by atoms with van der Waals surface area (Å²) < 4.78 is 10.9. The predicted molar refractivity (Wildman–Crippen MR) is 115 cm³/mol. The number of ether oxygens (including phenoxy) is 2. The SMILES string of the molecule is O=C(CCc1ccc(OCCCCCc2ccccc2)cc1)NCCOCCO.